The highest BCUT2D eigenvalue weighted by molar-refractivity contribution is 6.07. The maximum atomic E-state index is 13.2. The molecule has 4 aromatic rings. The number of nitrogens with zero attached hydrogens (tertiary/aromatic N) is 3. The number of aromatic nitrogens is 3. The van der Waals surface area contributed by atoms with Gasteiger partial charge >= 0.3 is 0 Å². The van der Waals surface area contributed by atoms with Crippen LogP contribution < -0.4 is 5.32 Å². The van der Waals surface area contributed by atoms with Crippen LogP contribution in [0.25, 0.3) is 22.2 Å². The van der Waals surface area contributed by atoms with Gasteiger partial charge in [-0.3, -0.25) is 14.7 Å². The summed E-state index contributed by atoms with van der Waals surface area (Å²) in [5.41, 5.74) is 2.40. The van der Waals surface area contributed by atoms with Crippen molar-refractivity contribution in [3.63, 3.8) is 0 Å². The van der Waals surface area contributed by atoms with E-state index in [4.69, 9.17) is 0 Å². The normalized spacial score (nSPS) is 16.4. The summed E-state index contributed by atoms with van der Waals surface area (Å²) >= 11 is 0. The Bertz CT molecular complexity index is 1380. The van der Waals surface area contributed by atoms with E-state index in [1.165, 1.54) is 12.8 Å². The van der Waals surface area contributed by atoms with Gasteiger partial charge in [0, 0.05) is 41.7 Å². The molecule has 0 radical (unpaired) electrons. The summed E-state index contributed by atoms with van der Waals surface area (Å²) in [5.74, 6) is 2.11. The van der Waals surface area contributed by atoms with Crippen LogP contribution in [0, 0.1) is 5.92 Å². The second-order valence-corrected chi connectivity index (χ2v) is 9.48. The molecule has 2 aliphatic rings. The number of rotatable bonds is 5. The highest BCUT2D eigenvalue weighted by Crippen LogP contribution is 2.38. The molecule has 0 atom stereocenters. The Kier molecular flexibility index (Phi) is 5.52. The number of H-pyrrole nitrogens is 1. The summed E-state index contributed by atoms with van der Waals surface area (Å²) in [6.07, 6.45) is 3.66. The Hall–Kier alpha value is -4.00. The van der Waals surface area contributed by atoms with E-state index in [0.717, 1.165) is 33.4 Å². The molecule has 1 aliphatic heterocycles. The van der Waals surface area contributed by atoms with E-state index >= 15 is 0 Å². The van der Waals surface area contributed by atoms with Crippen molar-refractivity contribution in [3.05, 3.63) is 78.1 Å². The number of benzene rings is 3. The van der Waals surface area contributed by atoms with Crippen molar-refractivity contribution in [2.24, 2.45) is 5.92 Å². The number of carbonyl (C=O) groups excluding carboxylic acids is 2. The molecule has 35 heavy (non-hydrogen) atoms. The first-order chi connectivity index (χ1) is 17.2. The zero-order valence-electron chi connectivity index (χ0n) is 19.4. The van der Waals surface area contributed by atoms with E-state index in [1.807, 2.05) is 71.6 Å². The quantitative estimate of drug-likeness (QED) is 0.434. The summed E-state index contributed by atoms with van der Waals surface area (Å²) in [7, 11) is 0. The van der Waals surface area contributed by atoms with Crippen LogP contribution in [0.15, 0.2) is 66.7 Å². The minimum atomic E-state index is -0.111. The molecule has 176 valence electrons. The van der Waals surface area contributed by atoms with E-state index in [-0.39, 0.29) is 17.7 Å². The molecule has 0 spiro atoms. The zero-order chi connectivity index (χ0) is 23.8. The molecule has 2 fully saturated rings. The minimum Gasteiger partial charge on any atom is -0.339 e. The van der Waals surface area contributed by atoms with Crippen LogP contribution >= 0.6 is 0 Å². The number of piperidine rings is 1. The Balaban J connectivity index is 1.06. The van der Waals surface area contributed by atoms with Crippen LogP contribution in [0.4, 0.5) is 5.69 Å². The van der Waals surface area contributed by atoms with Gasteiger partial charge in [-0.2, -0.15) is 5.10 Å². The molecule has 1 aromatic heterocycles. The van der Waals surface area contributed by atoms with Crippen LogP contribution in [0.5, 0.6) is 0 Å². The summed E-state index contributed by atoms with van der Waals surface area (Å²) in [5, 5.41) is 12.4. The van der Waals surface area contributed by atoms with E-state index in [2.05, 4.69) is 20.5 Å². The predicted molar refractivity (Wildman–Crippen MR) is 135 cm³/mol. The van der Waals surface area contributed by atoms with Gasteiger partial charge in [-0.1, -0.05) is 36.4 Å². The fraction of sp³-hybridized carbons (Fsp3) is 0.286. The van der Waals surface area contributed by atoms with Gasteiger partial charge in [-0.25, -0.2) is 4.98 Å². The maximum absolute atomic E-state index is 13.2. The number of hydrogen-bond donors (Lipinski definition) is 2. The Morgan fingerprint density at radius 1 is 0.886 bits per heavy atom. The smallest absolute Gasteiger partial charge is 0.254 e. The summed E-state index contributed by atoms with van der Waals surface area (Å²) in [6, 6.07) is 21.4. The van der Waals surface area contributed by atoms with Crippen LogP contribution in [-0.2, 0) is 4.79 Å². The zero-order valence-corrected chi connectivity index (χ0v) is 19.4. The number of aromatic amines is 1. The van der Waals surface area contributed by atoms with Crippen molar-refractivity contribution < 1.29 is 9.59 Å². The highest BCUT2D eigenvalue weighted by atomic mass is 16.2. The second-order valence-electron chi connectivity index (χ2n) is 9.48. The molecular formula is C28H27N5O2. The molecule has 1 aliphatic carbocycles. The van der Waals surface area contributed by atoms with Crippen molar-refractivity contribution in [1.82, 2.24) is 20.1 Å². The summed E-state index contributed by atoms with van der Waals surface area (Å²) < 4.78 is 0. The van der Waals surface area contributed by atoms with Crippen LogP contribution in [0.2, 0.25) is 0 Å². The first-order valence-corrected chi connectivity index (χ1v) is 12.3. The SMILES string of the molecule is O=C(Nc1ccc(-c2n[nH]c(C3CC3)n2)cc1)C1CCN(C(=O)c2cccc3ccccc23)CC1. The number of likely N-dealkylation sites (tertiary alicyclic amines) is 1. The van der Waals surface area contributed by atoms with Gasteiger partial charge in [0.2, 0.25) is 5.91 Å². The van der Waals surface area contributed by atoms with Gasteiger partial charge < -0.3 is 10.2 Å². The Morgan fingerprint density at radius 2 is 1.63 bits per heavy atom. The number of amides is 2. The first kappa shape index (κ1) is 21.5. The molecule has 3 aromatic carbocycles. The topological polar surface area (TPSA) is 91.0 Å². The van der Waals surface area contributed by atoms with E-state index in [0.29, 0.717) is 37.7 Å². The molecule has 2 N–H and O–H groups in total. The lowest BCUT2D eigenvalue weighted by Crippen LogP contribution is -2.41. The number of carbonyl (C=O) groups is 2. The van der Waals surface area contributed by atoms with Gasteiger partial charge in [0.25, 0.3) is 5.91 Å². The maximum Gasteiger partial charge on any atom is 0.254 e. The number of anilines is 1. The third-order valence-corrected chi connectivity index (χ3v) is 7.05. The number of hydrogen-bond acceptors (Lipinski definition) is 4. The fourth-order valence-corrected chi connectivity index (χ4v) is 4.82. The average molecular weight is 466 g/mol. The summed E-state index contributed by atoms with van der Waals surface area (Å²) in [6.45, 7) is 1.15. The highest BCUT2D eigenvalue weighted by Gasteiger charge is 2.29. The standard InChI is InChI=1S/C28H27N5O2/c34-27(29-22-12-10-20(11-13-22)26-30-25(31-32-26)19-8-9-19)21-14-16-33(17-15-21)28(35)24-7-3-5-18-4-1-2-6-23(18)24/h1-7,10-13,19,21H,8-9,14-17H2,(H,29,34)(H,30,31,32). The van der Waals surface area contributed by atoms with E-state index in [1.54, 1.807) is 0 Å². The van der Waals surface area contributed by atoms with Gasteiger partial charge in [0.1, 0.15) is 5.82 Å². The largest absolute Gasteiger partial charge is 0.339 e. The molecule has 1 saturated heterocycles. The molecule has 2 amide bonds. The van der Waals surface area contributed by atoms with Crippen LogP contribution in [0.3, 0.4) is 0 Å². The van der Waals surface area contributed by atoms with Crippen molar-refractivity contribution in [1.29, 1.82) is 0 Å². The molecule has 1 saturated carbocycles. The van der Waals surface area contributed by atoms with Gasteiger partial charge in [-0.05, 0) is 66.8 Å². The minimum absolute atomic E-state index is 0.00363. The van der Waals surface area contributed by atoms with E-state index < -0.39 is 0 Å². The predicted octanol–water partition coefficient (Wildman–Crippen LogP) is 4.99. The lowest BCUT2D eigenvalue weighted by Gasteiger charge is -2.31. The Labute approximate surface area is 203 Å². The van der Waals surface area contributed by atoms with Crippen molar-refractivity contribution in [2.75, 3.05) is 18.4 Å². The van der Waals surface area contributed by atoms with Crippen LogP contribution in [0.1, 0.15) is 47.8 Å². The number of nitrogens with one attached hydrogen (secondary N) is 2. The molecular weight excluding hydrogens is 438 g/mol. The van der Waals surface area contributed by atoms with E-state index in [9.17, 15) is 9.59 Å². The first-order valence-electron chi connectivity index (χ1n) is 12.3. The van der Waals surface area contributed by atoms with Crippen molar-refractivity contribution >= 4 is 28.3 Å². The lowest BCUT2D eigenvalue weighted by atomic mass is 9.94. The molecule has 6 rings (SSSR count). The van der Waals surface area contributed by atoms with Gasteiger partial charge in [0.15, 0.2) is 5.82 Å². The molecule has 7 nitrogen and oxygen atoms in total. The van der Waals surface area contributed by atoms with Crippen LogP contribution in [-0.4, -0.2) is 45.0 Å². The molecule has 0 bridgehead atoms. The third kappa shape index (κ3) is 4.41. The molecule has 2 heterocycles. The third-order valence-electron chi connectivity index (χ3n) is 7.05. The summed E-state index contributed by atoms with van der Waals surface area (Å²) in [4.78, 5) is 32.5. The number of fused-ring (bicyclic) bond motifs is 1. The average Bonchev–Trinajstić information content (AvgIpc) is 3.65. The van der Waals surface area contributed by atoms with Crippen molar-refractivity contribution in [3.8, 4) is 11.4 Å². The Morgan fingerprint density at radius 3 is 2.40 bits per heavy atom. The van der Waals surface area contributed by atoms with Gasteiger partial charge in [0.05, 0.1) is 0 Å². The molecule has 0 unspecified atom stereocenters. The second kappa shape index (κ2) is 8.98. The fourth-order valence-electron chi connectivity index (χ4n) is 4.82. The van der Waals surface area contributed by atoms with Gasteiger partial charge in [-0.15, -0.1) is 0 Å². The van der Waals surface area contributed by atoms with Crippen molar-refractivity contribution in [2.45, 2.75) is 31.6 Å². The molecule has 7 heteroatoms. The monoisotopic (exact) mass is 465 g/mol. The lowest BCUT2D eigenvalue weighted by molar-refractivity contribution is -0.121.